The van der Waals surface area contributed by atoms with Gasteiger partial charge in [-0.05, 0) is 69.0 Å². The molecule has 2 aliphatic rings. The van der Waals surface area contributed by atoms with Crippen molar-refractivity contribution in [1.29, 1.82) is 0 Å². The minimum absolute atomic E-state index is 0.00189. The van der Waals surface area contributed by atoms with Crippen LogP contribution in [0.1, 0.15) is 58.6 Å². The summed E-state index contributed by atoms with van der Waals surface area (Å²) < 4.78 is 33.2. The zero-order valence-corrected chi connectivity index (χ0v) is 24.9. The number of nitrogens with zero attached hydrogens (tertiary/aromatic N) is 2. The molecule has 0 saturated carbocycles. The van der Waals surface area contributed by atoms with Gasteiger partial charge in [0, 0.05) is 37.6 Å². The SMILES string of the molecule is CCCN1C(=O)Cc2cc(N)cc(F)c21.CCCN1C(=O)Cc2cc(NC[C@@H](O)CNC(=O)OC(C)(C)C)cc(F)c21. The number of anilines is 4. The first-order valence-electron chi connectivity index (χ1n) is 14.1. The van der Waals surface area contributed by atoms with E-state index in [9.17, 15) is 28.3 Å². The van der Waals surface area contributed by atoms with Crippen molar-refractivity contribution in [3.05, 3.63) is 47.0 Å². The third-order valence-electron chi connectivity index (χ3n) is 6.45. The van der Waals surface area contributed by atoms with Crippen LogP contribution in [0.5, 0.6) is 0 Å². The molecule has 2 aromatic rings. The highest BCUT2D eigenvalue weighted by atomic mass is 19.1. The number of benzene rings is 2. The number of carbonyl (C=O) groups is 3. The number of nitrogen functional groups attached to an aromatic ring is 1. The van der Waals surface area contributed by atoms with Gasteiger partial charge in [-0.3, -0.25) is 9.59 Å². The van der Waals surface area contributed by atoms with E-state index in [2.05, 4.69) is 10.6 Å². The molecule has 2 aliphatic heterocycles. The van der Waals surface area contributed by atoms with Gasteiger partial charge < -0.3 is 36.0 Å². The van der Waals surface area contributed by atoms with Gasteiger partial charge in [0.25, 0.3) is 0 Å². The molecule has 12 heteroatoms. The van der Waals surface area contributed by atoms with Gasteiger partial charge in [-0.25, -0.2) is 13.6 Å². The van der Waals surface area contributed by atoms with Crippen molar-refractivity contribution in [3.63, 3.8) is 0 Å². The highest BCUT2D eigenvalue weighted by molar-refractivity contribution is 6.02. The molecule has 0 spiro atoms. The number of aliphatic hydroxyl groups excluding tert-OH is 1. The van der Waals surface area contributed by atoms with E-state index in [1.165, 1.54) is 21.9 Å². The smallest absolute Gasteiger partial charge is 0.407 e. The molecule has 1 atom stereocenters. The number of nitrogens with two attached hydrogens (primary N) is 1. The molecule has 3 amide bonds. The van der Waals surface area contributed by atoms with E-state index in [0.717, 1.165) is 12.8 Å². The van der Waals surface area contributed by atoms with Gasteiger partial charge in [-0.15, -0.1) is 0 Å². The van der Waals surface area contributed by atoms with Gasteiger partial charge in [0.2, 0.25) is 11.8 Å². The highest BCUT2D eigenvalue weighted by Gasteiger charge is 2.31. The Balaban J connectivity index is 0.000000271. The van der Waals surface area contributed by atoms with Crippen molar-refractivity contribution in [2.24, 2.45) is 0 Å². The van der Waals surface area contributed by atoms with E-state index < -0.39 is 29.4 Å². The van der Waals surface area contributed by atoms with Crippen LogP contribution in [0.25, 0.3) is 0 Å². The summed E-state index contributed by atoms with van der Waals surface area (Å²) in [6, 6.07) is 5.97. The molecule has 2 aromatic carbocycles. The number of alkyl carbamates (subject to hydrolysis) is 1. The summed E-state index contributed by atoms with van der Waals surface area (Å²) >= 11 is 0. The fourth-order valence-corrected chi connectivity index (χ4v) is 4.82. The fraction of sp³-hybridized carbons (Fsp3) is 0.500. The number of amides is 3. The minimum atomic E-state index is -0.882. The van der Waals surface area contributed by atoms with Gasteiger partial charge in [0.1, 0.15) is 17.2 Å². The third-order valence-corrected chi connectivity index (χ3v) is 6.45. The molecule has 0 unspecified atom stereocenters. The molecule has 10 nitrogen and oxygen atoms in total. The maximum absolute atomic E-state index is 14.5. The Morgan fingerprint density at radius 1 is 0.952 bits per heavy atom. The van der Waals surface area contributed by atoms with Crippen LogP contribution in [0.3, 0.4) is 0 Å². The molecule has 0 bridgehead atoms. The Labute approximate surface area is 245 Å². The quantitative estimate of drug-likeness (QED) is 0.323. The van der Waals surface area contributed by atoms with Crippen LogP contribution in [0, 0.1) is 11.6 Å². The first-order chi connectivity index (χ1) is 19.7. The second-order valence-corrected chi connectivity index (χ2v) is 11.3. The van der Waals surface area contributed by atoms with E-state index in [1.807, 2.05) is 13.8 Å². The topological polar surface area (TPSA) is 137 Å². The summed E-state index contributed by atoms with van der Waals surface area (Å²) in [6.45, 7) is 10.3. The average Bonchev–Trinajstić information content (AvgIpc) is 3.37. The van der Waals surface area contributed by atoms with Crippen molar-refractivity contribution < 1.29 is 33.0 Å². The minimum Gasteiger partial charge on any atom is -0.444 e. The van der Waals surface area contributed by atoms with E-state index in [4.69, 9.17) is 10.5 Å². The van der Waals surface area contributed by atoms with Gasteiger partial charge in [0.15, 0.2) is 0 Å². The number of hydrogen-bond acceptors (Lipinski definition) is 7. The summed E-state index contributed by atoms with van der Waals surface area (Å²) in [5, 5.41) is 15.4. The molecule has 0 aliphatic carbocycles. The molecule has 0 saturated heterocycles. The lowest BCUT2D eigenvalue weighted by Gasteiger charge is -2.21. The van der Waals surface area contributed by atoms with Crippen LogP contribution >= 0.6 is 0 Å². The number of fused-ring (bicyclic) bond motifs is 2. The zero-order chi connectivity index (χ0) is 31.2. The van der Waals surface area contributed by atoms with Crippen molar-refractivity contribution in [2.45, 2.75) is 72.0 Å². The summed E-state index contributed by atoms with van der Waals surface area (Å²) in [4.78, 5) is 38.2. The predicted octanol–water partition coefficient (Wildman–Crippen LogP) is 4.13. The number of rotatable bonds is 9. The first kappa shape index (κ1) is 32.6. The molecule has 0 aromatic heterocycles. The maximum Gasteiger partial charge on any atom is 0.407 e. The van der Waals surface area contributed by atoms with Crippen LogP contribution in [0.15, 0.2) is 24.3 Å². The summed E-state index contributed by atoms with van der Waals surface area (Å²) in [5.74, 6) is -1.01. The summed E-state index contributed by atoms with van der Waals surface area (Å²) in [6.07, 6.45) is 0.505. The van der Waals surface area contributed by atoms with Crippen molar-refractivity contribution in [2.75, 3.05) is 47.0 Å². The average molecular weight is 590 g/mol. The number of halogens is 2. The Morgan fingerprint density at radius 2 is 1.48 bits per heavy atom. The molecule has 0 fully saturated rings. The van der Waals surface area contributed by atoms with E-state index in [1.54, 1.807) is 32.9 Å². The molecule has 42 heavy (non-hydrogen) atoms. The lowest BCUT2D eigenvalue weighted by atomic mass is 10.1. The molecule has 230 valence electrons. The molecular weight excluding hydrogens is 548 g/mol. The van der Waals surface area contributed by atoms with Crippen LogP contribution < -0.4 is 26.2 Å². The number of hydrogen-bond donors (Lipinski definition) is 4. The van der Waals surface area contributed by atoms with Crippen LogP contribution in [0.4, 0.5) is 36.3 Å². The zero-order valence-electron chi connectivity index (χ0n) is 24.9. The monoisotopic (exact) mass is 589 g/mol. The van der Waals surface area contributed by atoms with Gasteiger partial charge in [0.05, 0.1) is 30.3 Å². The number of nitrogens with one attached hydrogen (secondary N) is 2. The number of ether oxygens (including phenoxy) is 1. The number of carbonyl (C=O) groups excluding carboxylic acids is 3. The van der Waals surface area contributed by atoms with Crippen LogP contribution in [-0.4, -0.2) is 60.9 Å². The normalized spacial score (nSPS) is 14.7. The predicted molar refractivity (Wildman–Crippen MR) is 159 cm³/mol. The van der Waals surface area contributed by atoms with Gasteiger partial charge >= 0.3 is 6.09 Å². The molecule has 2 heterocycles. The fourth-order valence-electron chi connectivity index (χ4n) is 4.82. The highest BCUT2D eigenvalue weighted by Crippen LogP contribution is 2.35. The van der Waals surface area contributed by atoms with Gasteiger partial charge in [-0.1, -0.05) is 13.8 Å². The van der Waals surface area contributed by atoms with E-state index in [-0.39, 0.29) is 37.7 Å². The number of aliphatic hydroxyl groups is 1. The van der Waals surface area contributed by atoms with E-state index in [0.29, 0.717) is 47.0 Å². The Morgan fingerprint density at radius 3 is 2.00 bits per heavy atom. The third kappa shape index (κ3) is 8.31. The van der Waals surface area contributed by atoms with Crippen molar-refractivity contribution >= 4 is 40.7 Å². The lowest BCUT2D eigenvalue weighted by molar-refractivity contribution is -0.118. The second-order valence-electron chi connectivity index (χ2n) is 11.3. The van der Waals surface area contributed by atoms with Crippen LogP contribution in [0.2, 0.25) is 0 Å². The summed E-state index contributed by atoms with van der Waals surface area (Å²) in [7, 11) is 0. The standard InChI is InChI=1S/C19H28FN3O4.C11H13FN2O/c1-5-6-23-16(25)8-12-7-13(9-15(20)17(12)23)21-10-14(24)11-22-18(26)27-19(2,3)4;1-2-3-14-10(15)5-7-4-8(13)6-9(12)11(7)14/h7,9,14,21,24H,5-6,8,10-11H2,1-4H3,(H,22,26);4,6H,2-3,5,13H2,1H3/t14-;/m1./s1. The molecule has 5 N–H and O–H groups in total. The summed E-state index contributed by atoms with van der Waals surface area (Å²) in [5.41, 5.74) is 7.86. The Hall–Kier alpha value is -3.93. The molecule has 4 rings (SSSR count). The van der Waals surface area contributed by atoms with E-state index >= 15 is 0 Å². The van der Waals surface area contributed by atoms with Gasteiger partial charge in [-0.2, -0.15) is 0 Å². The maximum atomic E-state index is 14.5. The Kier molecular flexibility index (Phi) is 10.7. The van der Waals surface area contributed by atoms with Crippen molar-refractivity contribution in [1.82, 2.24) is 5.32 Å². The van der Waals surface area contributed by atoms with Crippen LogP contribution in [-0.2, 0) is 27.2 Å². The van der Waals surface area contributed by atoms with Crippen molar-refractivity contribution in [3.8, 4) is 0 Å². The first-order valence-corrected chi connectivity index (χ1v) is 14.1. The second kappa shape index (κ2) is 13.8. The lowest BCUT2D eigenvalue weighted by Crippen LogP contribution is -2.39. The molecular formula is C30H41F2N5O5. The largest absolute Gasteiger partial charge is 0.444 e. The molecule has 0 radical (unpaired) electrons. The Bertz CT molecular complexity index is 1310.